The molecule has 4 rings (SSSR count). The highest BCUT2D eigenvalue weighted by molar-refractivity contribution is 7.89. The number of alkyl halides is 3. The van der Waals surface area contributed by atoms with Crippen LogP contribution in [0.2, 0.25) is 0 Å². The summed E-state index contributed by atoms with van der Waals surface area (Å²) >= 11 is 0. The van der Waals surface area contributed by atoms with Crippen LogP contribution in [0.1, 0.15) is 24.5 Å². The molecule has 2 amide bonds. The Labute approximate surface area is 212 Å². The molecule has 0 N–H and O–H groups in total. The van der Waals surface area contributed by atoms with Crippen LogP contribution in [0.4, 0.5) is 18.9 Å². The maximum absolute atomic E-state index is 13.4. The molecular weight excluding hydrogens is 509 g/mol. The zero-order valence-corrected chi connectivity index (χ0v) is 20.6. The van der Waals surface area contributed by atoms with Gasteiger partial charge in [0.2, 0.25) is 10.0 Å². The molecule has 0 aliphatic carbocycles. The molecule has 194 valence electrons. The van der Waals surface area contributed by atoms with Gasteiger partial charge in [0.05, 0.1) is 27.8 Å². The van der Waals surface area contributed by atoms with Crippen LogP contribution in [0, 0.1) is 11.3 Å². The maximum Gasteiger partial charge on any atom is 0.417 e. The lowest BCUT2D eigenvalue weighted by Gasteiger charge is -2.34. The van der Waals surface area contributed by atoms with Crippen molar-refractivity contribution in [1.82, 2.24) is 9.21 Å². The lowest BCUT2D eigenvalue weighted by atomic mass is 10.1. The lowest BCUT2D eigenvalue weighted by Crippen LogP contribution is -2.48. The van der Waals surface area contributed by atoms with E-state index < -0.39 is 39.1 Å². The Balaban J connectivity index is 1.42. The number of piperazine rings is 1. The molecular formula is C25H23F3N4O4S. The summed E-state index contributed by atoms with van der Waals surface area (Å²) in [6.07, 6.45) is -4.64. The molecule has 1 saturated heterocycles. The van der Waals surface area contributed by atoms with Crippen LogP contribution >= 0.6 is 0 Å². The van der Waals surface area contributed by atoms with Crippen molar-refractivity contribution < 1.29 is 31.2 Å². The Hall–Kier alpha value is -3.53. The normalized spacial score (nSPS) is 18.0. The molecule has 2 aliphatic rings. The summed E-state index contributed by atoms with van der Waals surface area (Å²) in [6, 6.07) is 12.3. The van der Waals surface area contributed by atoms with Gasteiger partial charge in [-0.1, -0.05) is 18.2 Å². The average Bonchev–Trinajstić information content (AvgIpc) is 3.09. The van der Waals surface area contributed by atoms with Crippen LogP contribution < -0.4 is 4.90 Å². The summed E-state index contributed by atoms with van der Waals surface area (Å²) in [5, 5.41) is 8.99. The van der Waals surface area contributed by atoms with Gasteiger partial charge in [0, 0.05) is 43.9 Å². The second-order valence-corrected chi connectivity index (χ2v) is 10.6. The highest BCUT2D eigenvalue weighted by Crippen LogP contribution is 2.36. The first-order chi connectivity index (χ1) is 17.4. The number of carbonyl (C=O) groups excluding carboxylic acids is 2. The van der Waals surface area contributed by atoms with Gasteiger partial charge in [-0.3, -0.25) is 9.59 Å². The molecule has 2 heterocycles. The number of benzene rings is 2. The number of nitriles is 1. The summed E-state index contributed by atoms with van der Waals surface area (Å²) in [5.74, 6) is -1.41. The van der Waals surface area contributed by atoms with Crippen molar-refractivity contribution in [2.75, 3.05) is 37.6 Å². The SMILES string of the molecule is CC1=C(CCN2CCN(S(=O)(=O)c3ccccc3)CC2)C(=O)N(c2ccc(C#N)c(C(F)(F)F)c2)C1=O. The Morgan fingerprint density at radius 1 is 0.973 bits per heavy atom. The zero-order chi connectivity index (χ0) is 27.0. The third-order valence-corrected chi connectivity index (χ3v) is 8.43. The van der Waals surface area contributed by atoms with E-state index in [1.54, 1.807) is 18.2 Å². The third kappa shape index (κ3) is 5.16. The van der Waals surface area contributed by atoms with Crippen molar-refractivity contribution in [1.29, 1.82) is 5.26 Å². The molecule has 2 aromatic carbocycles. The van der Waals surface area contributed by atoms with E-state index in [0.29, 0.717) is 30.6 Å². The number of amides is 2. The number of halogens is 3. The summed E-state index contributed by atoms with van der Waals surface area (Å²) in [7, 11) is -3.61. The largest absolute Gasteiger partial charge is 0.417 e. The van der Waals surface area contributed by atoms with E-state index in [1.807, 2.05) is 4.90 Å². The topological polar surface area (TPSA) is 102 Å². The molecule has 0 radical (unpaired) electrons. The second kappa shape index (κ2) is 10.1. The number of carbonyl (C=O) groups is 2. The Morgan fingerprint density at radius 2 is 1.62 bits per heavy atom. The second-order valence-electron chi connectivity index (χ2n) is 8.70. The number of rotatable bonds is 6. The molecule has 2 aromatic rings. The van der Waals surface area contributed by atoms with Crippen molar-refractivity contribution in [2.45, 2.75) is 24.4 Å². The Bertz CT molecular complexity index is 1410. The van der Waals surface area contributed by atoms with Crippen molar-refractivity contribution in [3.8, 4) is 6.07 Å². The van der Waals surface area contributed by atoms with Gasteiger partial charge in [0.1, 0.15) is 0 Å². The first-order valence-corrected chi connectivity index (χ1v) is 12.9. The van der Waals surface area contributed by atoms with Crippen molar-refractivity contribution in [2.24, 2.45) is 0 Å². The molecule has 0 aromatic heterocycles. The van der Waals surface area contributed by atoms with Gasteiger partial charge in [0.25, 0.3) is 11.8 Å². The van der Waals surface area contributed by atoms with Crippen LogP contribution in [-0.4, -0.2) is 62.2 Å². The van der Waals surface area contributed by atoms with Gasteiger partial charge in [0.15, 0.2) is 0 Å². The fraction of sp³-hybridized carbons (Fsp3) is 0.320. The molecule has 0 spiro atoms. The van der Waals surface area contributed by atoms with E-state index in [0.717, 1.165) is 12.1 Å². The molecule has 2 aliphatic heterocycles. The van der Waals surface area contributed by atoms with Gasteiger partial charge in [-0.25, -0.2) is 13.3 Å². The molecule has 12 heteroatoms. The van der Waals surface area contributed by atoms with Crippen LogP contribution in [0.15, 0.2) is 64.6 Å². The van der Waals surface area contributed by atoms with E-state index in [2.05, 4.69) is 0 Å². The Morgan fingerprint density at radius 3 is 2.22 bits per heavy atom. The number of anilines is 1. The fourth-order valence-electron chi connectivity index (χ4n) is 4.42. The van der Waals surface area contributed by atoms with Crippen molar-refractivity contribution in [3.63, 3.8) is 0 Å². The monoisotopic (exact) mass is 532 g/mol. The van der Waals surface area contributed by atoms with E-state index in [1.165, 1.54) is 29.4 Å². The molecule has 0 bridgehead atoms. The highest BCUT2D eigenvalue weighted by atomic mass is 32.2. The Kier molecular flexibility index (Phi) is 7.23. The first-order valence-electron chi connectivity index (χ1n) is 11.4. The molecule has 0 saturated carbocycles. The summed E-state index contributed by atoms with van der Waals surface area (Å²) in [4.78, 5) is 28.7. The number of nitrogens with zero attached hydrogens (tertiary/aromatic N) is 4. The molecule has 37 heavy (non-hydrogen) atoms. The van der Waals surface area contributed by atoms with E-state index in [4.69, 9.17) is 5.26 Å². The minimum absolute atomic E-state index is 0.146. The van der Waals surface area contributed by atoms with Crippen molar-refractivity contribution in [3.05, 3.63) is 70.8 Å². The van der Waals surface area contributed by atoms with Crippen LogP contribution in [-0.2, 0) is 25.8 Å². The predicted molar refractivity (Wildman–Crippen MR) is 128 cm³/mol. The molecule has 0 unspecified atom stereocenters. The van der Waals surface area contributed by atoms with Gasteiger partial charge < -0.3 is 4.90 Å². The quantitative estimate of drug-likeness (QED) is 0.530. The standard InChI is InChI=1S/C25H23F3N4O4S/c1-17-21(9-10-30-11-13-31(14-12-30)37(35,36)20-5-3-2-4-6-20)24(34)32(23(17)33)19-8-7-18(16-29)22(15-19)25(26,27)28/h2-8,15H,9-14H2,1H3. The molecule has 8 nitrogen and oxygen atoms in total. The van der Waals surface area contributed by atoms with Gasteiger partial charge >= 0.3 is 6.18 Å². The summed E-state index contributed by atoms with van der Waals surface area (Å²) in [6.45, 7) is 3.21. The number of hydrogen-bond donors (Lipinski definition) is 0. The van der Waals surface area contributed by atoms with Crippen LogP contribution in [0.5, 0.6) is 0 Å². The lowest BCUT2D eigenvalue weighted by molar-refractivity contribution is -0.138. The van der Waals surface area contributed by atoms with Gasteiger partial charge in [-0.2, -0.15) is 22.7 Å². The maximum atomic E-state index is 13.4. The predicted octanol–water partition coefficient (Wildman–Crippen LogP) is 3.16. The molecule has 1 fully saturated rings. The van der Waals surface area contributed by atoms with Crippen molar-refractivity contribution >= 4 is 27.5 Å². The number of hydrogen-bond acceptors (Lipinski definition) is 6. The number of imide groups is 1. The number of sulfonamides is 1. The van der Waals surface area contributed by atoms with E-state index in [-0.39, 0.29) is 41.2 Å². The van der Waals surface area contributed by atoms with Gasteiger partial charge in [-0.15, -0.1) is 0 Å². The summed E-state index contributed by atoms with van der Waals surface area (Å²) in [5.41, 5.74) is -1.73. The highest BCUT2D eigenvalue weighted by Gasteiger charge is 2.40. The average molecular weight is 533 g/mol. The van der Waals surface area contributed by atoms with E-state index >= 15 is 0 Å². The first kappa shape index (κ1) is 26.5. The fourth-order valence-corrected chi connectivity index (χ4v) is 5.86. The molecule has 0 atom stereocenters. The zero-order valence-electron chi connectivity index (χ0n) is 19.8. The third-order valence-electron chi connectivity index (χ3n) is 6.52. The smallest absolute Gasteiger partial charge is 0.300 e. The van der Waals surface area contributed by atoms with Crippen LogP contribution in [0.3, 0.4) is 0 Å². The summed E-state index contributed by atoms with van der Waals surface area (Å²) < 4.78 is 67.1. The van der Waals surface area contributed by atoms with E-state index in [9.17, 15) is 31.2 Å². The van der Waals surface area contributed by atoms with Crippen LogP contribution in [0.25, 0.3) is 0 Å². The minimum atomic E-state index is -4.83. The minimum Gasteiger partial charge on any atom is -0.300 e. The van der Waals surface area contributed by atoms with Gasteiger partial charge in [-0.05, 0) is 43.7 Å².